The topological polar surface area (TPSA) is 76.7 Å². The Balaban J connectivity index is 1.74. The van der Waals surface area contributed by atoms with Gasteiger partial charge in [-0.3, -0.25) is 20.4 Å². The van der Waals surface area contributed by atoms with Crippen molar-refractivity contribution in [3.8, 4) is 11.5 Å². The summed E-state index contributed by atoms with van der Waals surface area (Å²) in [6, 6.07) is 14.3. The minimum Gasteiger partial charge on any atom is -0.494 e. The number of benzene rings is 2. The maximum atomic E-state index is 12.1. The number of amides is 2. The summed E-state index contributed by atoms with van der Waals surface area (Å²) >= 11 is 0. The largest absolute Gasteiger partial charge is 0.494 e. The normalized spacial score (nSPS) is 10.4. The van der Waals surface area contributed by atoms with Crippen molar-refractivity contribution >= 4 is 11.8 Å². The standard InChI is InChI=1S/C22H28N2O4/c1-4-17-6-5-7-20(14-17)28-15-21(25)23-24-22(26)18-8-10-19(11-9-18)27-13-12-16(2)3/h5-11,14,16H,4,12-13,15H2,1-3H3,(H,23,25)(H,24,26). The summed E-state index contributed by atoms with van der Waals surface area (Å²) < 4.78 is 11.1. The molecule has 0 unspecified atom stereocenters. The number of nitrogens with one attached hydrogen (secondary N) is 2. The SMILES string of the molecule is CCc1cccc(OCC(=O)NNC(=O)c2ccc(OCCC(C)C)cc2)c1. The van der Waals surface area contributed by atoms with Crippen LogP contribution in [-0.2, 0) is 11.2 Å². The molecule has 150 valence electrons. The van der Waals surface area contributed by atoms with E-state index in [4.69, 9.17) is 9.47 Å². The summed E-state index contributed by atoms with van der Waals surface area (Å²) in [7, 11) is 0. The molecule has 0 saturated carbocycles. The maximum Gasteiger partial charge on any atom is 0.276 e. The van der Waals surface area contributed by atoms with Crippen LogP contribution in [0.5, 0.6) is 11.5 Å². The first-order valence-electron chi connectivity index (χ1n) is 9.51. The number of carbonyl (C=O) groups is 2. The lowest BCUT2D eigenvalue weighted by Crippen LogP contribution is -2.43. The third kappa shape index (κ3) is 7.31. The molecular weight excluding hydrogens is 356 g/mol. The Morgan fingerprint density at radius 1 is 0.964 bits per heavy atom. The molecule has 0 fully saturated rings. The third-order valence-corrected chi connectivity index (χ3v) is 4.07. The second-order valence-corrected chi connectivity index (χ2v) is 6.85. The molecule has 0 radical (unpaired) electrons. The van der Waals surface area contributed by atoms with Crippen molar-refractivity contribution in [2.24, 2.45) is 5.92 Å². The Morgan fingerprint density at radius 2 is 1.71 bits per heavy atom. The number of rotatable bonds is 9. The highest BCUT2D eigenvalue weighted by Crippen LogP contribution is 2.14. The molecule has 2 rings (SSSR count). The number of hydrazine groups is 1. The Bertz CT molecular complexity index is 772. The van der Waals surface area contributed by atoms with Crippen molar-refractivity contribution in [3.63, 3.8) is 0 Å². The Kier molecular flexibility index (Phi) is 8.34. The van der Waals surface area contributed by atoms with E-state index in [1.165, 1.54) is 0 Å². The fourth-order valence-corrected chi connectivity index (χ4v) is 2.35. The average Bonchev–Trinajstić information content (AvgIpc) is 2.71. The van der Waals surface area contributed by atoms with Crippen molar-refractivity contribution in [1.29, 1.82) is 0 Å². The first-order chi connectivity index (χ1) is 13.5. The molecule has 6 heteroatoms. The van der Waals surface area contributed by atoms with Crippen LogP contribution < -0.4 is 20.3 Å². The quantitative estimate of drug-likeness (QED) is 0.649. The van der Waals surface area contributed by atoms with Gasteiger partial charge in [0.1, 0.15) is 11.5 Å². The fraction of sp³-hybridized carbons (Fsp3) is 0.364. The number of carbonyl (C=O) groups excluding carboxylic acids is 2. The highest BCUT2D eigenvalue weighted by atomic mass is 16.5. The summed E-state index contributed by atoms with van der Waals surface area (Å²) in [5.41, 5.74) is 6.27. The van der Waals surface area contributed by atoms with Gasteiger partial charge in [0.25, 0.3) is 11.8 Å². The zero-order valence-corrected chi connectivity index (χ0v) is 16.7. The molecule has 2 N–H and O–H groups in total. The molecular formula is C22H28N2O4. The van der Waals surface area contributed by atoms with Crippen molar-refractivity contribution in [3.05, 3.63) is 59.7 Å². The Labute approximate surface area is 166 Å². The minimum atomic E-state index is -0.441. The smallest absolute Gasteiger partial charge is 0.276 e. The first-order valence-corrected chi connectivity index (χ1v) is 9.51. The van der Waals surface area contributed by atoms with E-state index in [1.807, 2.05) is 25.1 Å². The van der Waals surface area contributed by atoms with Crippen LogP contribution in [-0.4, -0.2) is 25.0 Å². The lowest BCUT2D eigenvalue weighted by molar-refractivity contribution is -0.123. The van der Waals surface area contributed by atoms with E-state index in [2.05, 4.69) is 24.7 Å². The molecule has 2 aromatic rings. The third-order valence-electron chi connectivity index (χ3n) is 4.07. The predicted octanol–water partition coefficient (Wildman–Crippen LogP) is 3.51. The van der Waals surface area contributed by atoms with Gasteiger partial charge < -0.3 is 9.47 Å². The van der Waals surface area contributed by atoms with Crippen LogP contribution in [0.25, 0.3) is 0 Å². The lowest BCUT2D eigenvalue weighted by Gasteiger charge is -2.10. The van der Waals surface area contributed by atoms with Crippen LogP contribution in [0, 0.1) is 5.92 Å². The zero-order chi connectivity index (χ0) is 20.4. The summed E-state index contributed by atoms with van der Waals surface area (Å²) in [6.45, 7) is 6.78. The Hall–Kier alpha value is -3.02. The zero-order valence-electron chi connectivity index (χ0n) is 16.7. The molecule has 2 aromatic carbocycles. The molecule has 0 aliphatic heterocycles. The molecule has 0 aromatic heterocycles. The molecule has 2 amide bonds. The summed E-state index contributed by atoms with van der Waals surface area (Å²) in [5, 5.41) is 0. The average molecular weight is 384 g/mol. The van der Waals surface area contributed by atoms with Gasteiger partial charge in [-0.15, -0.1) is 0 Å². The molecule has 0 saturated heterocycles. The molecule has 0 spiro atoms. The molecule has 0 heterocycles. The van der Waals surface area contributed by atoms with Gasteiger partial charge in [-0.05, 0) is 60.7 Å². The first kappa shape index (κ1) is 21.3. The van der Waals surface area contributed by atoms with Gasteiger partial charge in [-0.1, -0.05) is 32.9 Å². The van der Waals surface area contributed by atoms with Gasteiger partial charge in [0.15, 0.2) is 6.61 Å². The minimum absolute atomic E-state index is 0.184. The van der Waals surface area contributed by atoms with Crippen LogP contribution in [0.15, 0.2) is 48.5 Å². The summed E-state index contributed by atoms with van der Waals surface area (Å²) in [4.78, 5) is 24.0. The van der Waals surface area contributed by atoms with Crippen LogP contribution in [0.3, 0.4) is 0 Å². The second kappa shape index (κ2) is 11.0. The van der Waals surface area contributed by atoms with Gasteiger partial charge >= 0.3 is 0 Å². The number of aryl methyl sites for hydroxylation is 1. The van der Waals surface area contributed by atoms with Gasteiger partial charge in [-0.25, -0.2) is 0 Å². The predicted molar refractivity (Wildman–Crippen MR) is 108 cm³/mol. The number of hydrogen-bond acceptors (Lipinski definition) is 4. The number of ether oxygens (including phenoxy) is 2. The monoisotopic (exact) mass is 384 g/mol. The van der Waals surface area contributed by atoms with Gasteiger partial charge in [0, 0.05) is 5.56 Å². The van der Waals surface area contributed by atoms with E-state index in [1.54, 1.807) is 30.3 Å². The van der Waals surface area contributed by atoms with Crippen LogP contribution in [0.2, 0.25) is 0 Å². The highest BCUT2D eigenvalue weighted by Gasteiger charge is 2.08. The van der Waals surface area contributed by atoms with Crippen molar-refractivity contribution in [1.82, 2.24) is 10.9 Å². The van der Waals surface area contributed by atoms with Crippen molar-refractivity contribution in [2.45, 2.75) is 33.6 Å². The van der Waals surface area contributed by atoms with Crippen LogP contribution in [0.4, 0.5) is 0 Å². The highest BCUT2D eigenvalue weighted by molar-refractivity contribution is 5.95. The molecule has 0 bridgehead atoms. The molecule has 6 nitrogen and oxygen atoms in total. The lowest BCUT2D eigenvalue weighted by atomic mass is 10.1. The van der Waals surface area contributed by atoms with Gasteiger partial charge in [0.2, 0.25) is 0 Å². The van der Waals surface area contributed by atoms with E-state index < -0.39 is 11.8 Å². The summed E-state index contributed by atoms with van der Waals surface area (Å²) in [6.07, 6.45) is 1.86. The van der Waals surface area contributed by atoms with Gasteiger partial charge in [-0.2, -0.15) is 0 Å². The molecule has 0 aliphatic rings. The molecule has 0 aliphatic carbocycles. The molecule has 0 atom stereocenters. The van der Waals surface area contributed by atoms with E-state index in [0.29, 0.717) is 29.6 Å². The fourth-order valence-electron chi connectivity index (χ4n) is 2.35. The van der Waals surface area contributed by atoms with E-state index in [9.17, 15) is 9.59 Å². The van der Waals surface area contributed by atoms with E-state index in [-0.39, 0.29) is 6.61 Å². The maximum absolute atomic E-state index is 12.1. The van der Waals surface area contributed by atoms with Crippen molar-refractivity contribution < 1.29 is 19.1 Å². The second-order valence-electron chi connectivity index (χ2n) is 6.85. The van der Waals surface area contributed by atoms with Crippen molar-refractivity contribution in [2.75, 3.05) is 13.2 Å². The van der Waals surface area contributed by atoms with Gasteiger partial charge in [0.05, 0.1) is 6.61 Å². The number of hydrogen-bond donors (Lipinski definition) is 2. The summed E-state index contributed by atoms with van der Waals surface area (Å²) in [5.74, 6) is 1.06. The van der Waals surface area contributed by atoms with Crippen LogP contribution >= 0.6 is 0 Å². The van der Waals surface area contributed by atoms with E-state index >= 15 is 0 Å². The Morgan fingerprint density at radius 3 is 2.39 bits per heavy atom. The van der Waals surface area contributed by atoms with Crippen LogP contribution in [0.1, 0.15) is 43.1 Å². The van der Waals surface area contributed by atoms with E-state index in [0.717, 1.165) is 18.4 Å². The molecule has 28 heavy (non-hydrogen) atoms.